The minimum absolute atomic E-state index is 0.0457. The van der Waals surface area contributed by atoms with Gasteiger partial charge in [-0.05, 0) is 81.6 Å². The summed E-state index contributed by atoms with van der Waals surface area (Å²) >= 11 is 12.2. The van der Waals surface area contributed by atoms with Crippen LogP contribution < -0.4 is 4.74 Å². The Kier molecular flexibility index (Phi) is 7.61. The van der Waals surface area contributed by atoms with Crippen molar-refractivity contribution in [3.8, 4) is 5.75 Å². The summed E-state index contributed by atoms with van der Waals surface area (Å²) in [7, 11) is 2.11. The van der Waals surface area contributed by atoms with Crippen LogP contribution >= 0.6 is 23.2 Å². The number of rotatable bonds is 9. The van der Waals surface area contributed by atoms with Gasteiger partial charge < -0.3 is 18.7 Å². The summed E-state index contributed by atoms with van der Waals surface area (Å²) < 4.78 is 23.4. The van der Waals surface area contributed by atoms with Crippen molar-refractivity contribution in [2.24, 2.45) is 5.92 Å². The van der Waals surface area contributed by atoms with Gasteiger partial charge in [-0.3, -0.25) is 9.80 Å². The molecule has 3 saturated heterocycles. The largest absolute Gasteiger partial charge is 0.488 e. The highest BCUT2D eigenvalue weighted by molar-refractivity contribution is 6.42. The molecule has 6 rings (SSSR count). The summed E-state index contributed by atoms with van der Waals surface area (Å²) in [6.45, 7) is 5.91. The number of nitrogens with zero attached hydrogens (tertiary/aromatic N) is 3. The first kappa shape index (κ1) is 25.4. The Morgan fingerprint density at radius 3 is 2.57 bits per heavy atom. The summed E-state index contributed by atoms with van der Waals surface area (Å²) in [6.07, 6.45) is 4.41. The van der Waals surface area contributed by atoms with Gasteiger partial charge in [-0.2, -0.15) is 0 Å². The number of ether oxygens (including phenoxy) is 3. The summed E-state index contributed by atoms with van der Waals surface area (Å²) in [5.74, 6) is 1.54. The molecule has 3 aliphatic rings. The highest BCUT2D eigenvalue weighted by Gasteiger charge is 2.37. The van der Waals surface area contributed by atoms with E-state index in [0.29, 0.717) is 22.6 Å². The lowest BCUT2D eigenvalue weighted by molar-refractivity contribution is -0.0661. The average Bonchev–Trinajstić information content (AvgIpc) is 3.25. The Morgan fingerprint density at radius 1 is 1.05 bits per heavy atom. The van der Waals surface area contributed by atoms with Gasteiger partial charge in [0.2, 0.25) is 0 Å². The molecular formula is C28H33Cl2N3O4. The first-order valence-corrected chi connectivity index (χ1v) is 13.9. The standard InChI is InChI=1S/C28H33Cl2N3O4/c1-32-15-24(32)27-25(36-17-19-2-5-21(29)22(30)14-19)7-4-20-23(31-37-28(20)27)6-3-18-8-10-33(11-9-18)16-26-34-12-13-35-26/h2,4-5,7,14,18,24,26H,3,6,8-13,15-17H2,1H3. The van der Waals surface area contributed by atoms with Crippen LogP contribution in [0.2, 0.25) is 10.0 Å². The SMILES string of the molecule is CN1CC1c1c(OCc2ccc(Cl)c(Cl)c2)ccc2c(CCC3CCN(CC4OCCO4)CC3)noc12. The second-order valence-corrected chi connectivity index (χ2v) is 11.2. The molecule has 0 aliphatic carbocycles. The predicted molar refractivity (Wildman–Crippen MR) is 143 cm³/mol. The van der Waals surface area contributed by atoms with Gasteiger partial charge in [-0.1, -0.05) is 34.4 Å². The Morgan fingerprint density at radius 2 is 1.84 bits per heavy atom. The third kappa shape index (κ3) is 5.77. The molecule has 3 aromatic rings. The second kappa shape index (κ2) is 11.1. The number of likely N-dealkylation sites (tertiary alicyclic amines) is 1. The number of fused-ring (bicyclic) bond motifs is 1. The van der Waals surface area contributed by atoms with E-state index in [1.54, 1.807) is 6.07 Å². The van der Waals surface area contributed by atoms with Gasteiger partial charge in [0.15, 0.2) is 11.9 Å². The zero-order chi connectivity index (χ0) is 25.4. The van der Waals surface area contributed by atoms with Crippen LogP contribution in [0.15, 0.2) is 34.9 Å². The Labute approximate surface area is 227 Å². The van der Waals surface area contributed by atoms with E-state index in [4.69, 9.17) is 41.9 Å². The van der Waals surface area contributed by atoms with Crippen LogP contribution in [0.3, 0.4) is 0 Å². The molecule has 2 aromatic carbocycles. The molecular weight excluding hydrogens is 513 g/mol. The molecule has 2 atom stereocenters. The zero-order valence-corrected chi connectivity index (χ0v) is 22.6. The third-order valence-electron chi connectivity index (χ3n) is 7.88. The summed E-state index contributed by atoms with van der Waals surface area (Å²) in [4.78, 5) is 4.74. The molecule has 198 valence electrons. The number of benzene rings is 2. The molecule has 1 aromatic heterocycles. The first-order chi connectivity index (χ1) is 18.0. The molecule has 3 aliphatic heterocycles. The van der Waals surface area contributed by atoms with E-state index in [9.17, 15) is 0 Å². The van der Waals surface area contributed by atoms with Crippen molar-refractivity contribution in [2.75, 3.05) is 46.4 Å². The van der Waals surface area contributed by atoms with E-state index in [-0.39, 0.29) is 12.3 Å². The zero-order valence-electron chi connectivity index (χ0n) is 21.1. The molecule has 0 bridgehead atoms. The van der Waals surface area contributed by atoms with Crippen LogP contribution in [-0.4, -0.2) is 67.7 Å². The topological polar surface area (TPSA) is 60.0 Å². The van der Waals surface area contributed by atoms with Gasteiger partial charge in [0.1, 0.15) is 12.4 Å². The third-order valence-corrected chi connectivity index (χ3v) is 8.62. The quantitative estimate of drug-likeness (QED) is 0.319. The maximum Gasteiger partial charge on any atom is 0.175 e. The Bertz CT molecular complexity index is 1240. The molecule has 2 unspecified atom stereocenters. The smallest absolute Gasteiger partial charge is 0.175 e. The number of piperidine rings is 1. The second-order valence-electron chi connectivity index (χ2n) is 10.4. The molecule has 37 heavy (non-hydrogen) atoms. The molecule has 0 radical (unpaired) electrons. The van der Waals surface area contributed by atoms with E-state index >= 15 is 0 Å². The van der Waals surface area contributed by atoms with E-state index in [2.05, 4.69) is 34.1 Å². The maximum absolute atomic E-state index is 6.26. The molecule has 0 spiro atoms. The highest BCUT2D eigenvalue weighted by Crippen LogP contribution is 2.44. The first-order valence-electron chi connectivity index (χ1n) is 13.2. The van der Waals surface area contributed by atoms with Crippen molar-refractivity contribution >= 4 is 34.2 Å². The van der Waals surface area contributed by atoms with E-state index in [1.165, 1.54) is 12.8 Å². The fourth-order valence-electron chi connectivity index (χ4n) is 5.53. The molecule has 7 nitrogen and oxygen atoms in total. The number of halogens is 2. The van der Waals surface area contributed by atoms with Crippen LogP contribution in [0, 0.1) is 5.92 Å². The number of hydrogen-bond acceptors (Lipinski definition) is 7. The number of aromatic nitrogens is 1. The van der Waals surface area contributed by atoms with Crippen LogP contribution in [0.4, 0.5) is 0 Å². The lowest BCUT2D eigenvalue weighted by Crippen LogP contribution is -2.39. The molecule has 4 heterocycles. The average molecular weight is 546 g/mol. The van der Waals surface area contributed by atoms with Crippen LogP contribution in [-0.2, 0) is 22.5 Å². The van der Waals surface area contributed by atoms with Gasteiger partial charge in [-0.15, -0.1) is 0 Å². The van der Waals surface area contributed by atoms with Gasteiger partial charge in [0, 0.05) is 18.5 Å². The maximum atomic E-state index is 6.26. The lowest BCUT2D eigenvalue weighted by Gasteiger charge is -2.32. The van der Waals surface area contributed by atoms with Gasteiger partial charge in [-0.25, -0.2) is 0 Å². The molecule has 9 heteroatoms. The fourth-order valence-corrected chi connectivity index (χ4v) is 5.85. The minimum Gasteiger partial charge on any atom is -0.488 e. The number of aryl methyl sites for hydroxylation is 1. The summed E-state index contributed by atoms with van der Waals surface area (Å²) in [6, 6.07) is 10.0. The van der Waals surface area contributed by atoms with Crippen LogP contribution in [0.25, 0.3) is 11.0 Å². The Hall–Kier alpha value is -1.87. The number of hydrogen-bond donors (Lipinski definition) is 0. The van der Waals surface area contributed by atoms with Crippen LogP contribution in [0.1, 0.15) is 42.1 Å². The minimum atomic E-state index is -0.0457. The van der Waals surface area contributed by atoms with E-state index in [0.717, 1.165) is 85.8 Å². The van der Waals surface area contributed by atoms with Crippen molar-refractivity contribution in [3.63, 3.8) is 0 Å². The molecule has 0 saturated carbocycles. The monoisotopic (exact) mass is 545 g/mol. The van der Waals surface area contributed by atoms with Crippen molar-refractivity contribution in [3.05, 3.63) is 57.2 Å². The van der Waals surface area contributed by atoms with Gasteiger partial charge >= 0.3 is 0 Å². The van der Waals surface area contributed by atoms with Crippen molar-refractivity contribution in [1.29, 1.82) is 0 Å². The molecule has 0 amide bonds. The predicted octanol–water partition coefficient (Wildman–Crippen LogP) is 5.72. The van der Waals surface area contributed by atoms with Gasteiger partial charge in [0.25, 0.3) is 0 Å². The Balaban J connectivity index is 1.10. The fraction of sp³-hybridized carbons (Fsp3) is 0.536. The summed E-state index contributed by atoms with van der Waals surface area (Å²) in [5, 5.41) is 6.69. The lowest BCUT2D eigenvalue weighted by atomic mass is 9.91. The van der Waals surface area contributed by atoms with Crippen molar-refractivity contribution < 1.29 is 18.7 Å². The normalized spacial score (nSPS) is 23.2. The van der Waals surface area contributed by atoms with E-state index < -0.39 is 0 Å². The summed E-state index contributed by atoms with van der Waals surface area (Å²) in [5.41, 5.74) is 3.95. The number of likely N-dealkylation sites (N-methyl/N-ethyl adjacent to an activating group) is 1. The van der Waals surface area contributed by atoms with Crippen LogP contribution in [0.5, 0.6) is 5.75 Å². The molecule has 0 N–H and O–H groups in total. The van der Waals surface area contributed by atoms with Gasteiger partial charge in [0.05, 0.1) is 40.6 Å². The highest BCUT2D eigenvalue weighted by atomic mass is 35.5. The van der Waals surface area contributed by atoms with Crippen molar-refractivity contribution in [1.82, 2.24) is 15.0 Å². The van der Waals surface area contributed by atoms with E-state index in [1.807, 2.05) is 12.1 Å². The van der Waals surface area contributed by atoms with Crippen molar-refractivity contribution in [2.45, 2.75) is 44.6 Å². The molecule has 3 fully saturated rings.